The van der Waals surface area contributed by atoms with E-state index in [4.69, 9.17) is 16.3 Å². The van der Waals surface area contributed by atoms with Gasteiger partial charge >= 0.3 is 0 Å². The van der Waals surface area contributed by atoms with Gasteiger partial charge in [0.2, 0.25) is 0 Å². The van der Waals surface area contributed by atoms with E-state index in [0.29, 0.717) is 30.1 Å². The lowest BCUT2D eigenvalue weighted by Gasteiger charge is -2.29. The Morgan fingerprint density at radius 3 is 2.95 bits per heavy atom. The average molecular weight is 312 g/mol. The van der Waals surface area contributed by atoms with Crippen LogP contribution in [0.5, 0.6) is 0 Å². The third-order valence-electron chi connectivity index (χ3n) is 4.80. The zero-order chi connectivity index (χ0) is 14.8. The van der Waals surface area contributed by atoms with Gasteiger partial charge in [-0.3, -0.25) is 0 Å². The molecule has 0 aromatic heterocycles. The van der Waals surface area contributed by atoms with E-state index in [2.05, 4.69) is 12.2 Å². The molecular formula is C17H23ClFNO. The van der Waals surface area contributed by atoms with E-state index in [1.54, 1.807) is 6.07 Å². The fourth-order valence-corrected chi connectivity index (χ4v) is 3.94. The lowest BCUT2D eigenvalue weighted by Crippen LogP contribution is -2.42. The molecule has 2 bridgehead atoms. The highest BCUT2D eigenvalue weighted by molar-refractivity contribution is 6.30. The minimum atomic E-state index is -0.272. The maximum Gasteiger partial charge on any atom is 0.145 e. The summed E-state index contributed by atoms with van der Waals surface area (Å²) in [6.45, 7) is 3.11. The summed E-state index contributed by atoms with van der Waals surface area (Å²) in [7, 11) is 0. The normalized spacial score (nSPS) is 29.0. The molecule has 4 unspecified atom stereocenters. The molecule has 1 aromatic rings. The zero-order valence-electron chi connectivity index (χ0n) is 12.4. The molecule has 0 radical (unpaired) electrons. The highest BCUT2D eigenvalue weighted by Crippen LogP contribution is 2.41. The smallest absolute Gasteiger partial charge is 0.145 e. The molecule has 2 aliphatic heterocycles. The molecule has 2 fully saturated rings. The zero-order valence-corrected chi connectivity index (χ0v) is 13.2. The molecule has 0 spiro atoms. The Morgan fingerprint density at radius 1 is 1.43 bits per heavy atom. The summed E-state index contributed by atoms with van der Waals surface area (Å²) < 4.78 is 20.1. The van der Waals surface area contributed by atoms with Crippen molar-refractivity contribution in [2.45, 2.75) is 57.3 Å². The standard InChI is InChI=1S/C17H23ClFNO/c1-2-8-20-15(13-10-12-6-7-16(13)21-12)9-11-4-3-5-14(18)17(11)19/h3-5,12-13,15-16,20H,2,6-10H2,1H3. The third kappa shape index (κ3) is 3.25. The quantitative estimate of drug-likeness (QED) is 0.858. The van der Waals surface area contributed by atoms with Crippen LogP contribution < -0.4 is 5.32 Å². The summed E-state index contributed by atoms with van der Waals surface area (Å²) in [5.41, 5.74) is 0.707. The van der Waals surface area contributed by atoms with Gasteiger partial charge in [-0.15, -0.1) is 0 Å². The van der Waals surface area contributed by atoms with Crippen molar-refractivity contribution in [3.8, 4) is 0 Å². The van der Waals surface area contributed by atoms with Gasteiger partial charge in [0.15, 0.2) is 0 Å². The fourth-order valence-electron chi connectivity index (χ4n) is 3.75. The van der Waals surface area contributed by atoms with E-state index < -0.39 is 0 Å². The molecule has 2 nitrogen and oxygen atoms in total. The first-order valence-corrected chi connectivity index (χ1v) is 8.38. The van der Waals surface area contributed by atoms with Crippen LogP contribution in [-0.4, -0.2) is 24.8 Å². The summed E-state index contributed by atoms with van der Waals surface area (Å²) in [5, 5.41) is 3.82. The Morgan fingerprint density at radius 2 is 2.29 bits per heavy atom. The summed E-state index contributed by atoms with van der Waals surface area (Å²) >= 11 is 5.90. The average Bonchev–Trinajstić information content (AvgIpc) is 3.10. The van der Waals surface area contributed by atoms with E-state index >= 15 is 0 Å². The predicted molar refractivity (Wildman–Crippen MR) is 83.2 cm³/mol. The lowest BCUT2D eigenvalue weighted by molar-refractivity contribution is 0.0856. The molecule has 1 N–H and O–H groups in total. The van der Waals surface area contributed by atoms with Crippen LogP contribution in [0.15, 0.2) is 18.2 Å². The van der Waals surface area contributed by atoms with Gasteiger partial charge in [0.1, 0.15) is 5.82 Å². The van der Waals surface area contributed by atoms with Gasteiger partial charge in [-0.2, -0.15) is 0 Å². The van der Waals surface area contributed by atoms with E-state index in [1.165, 1.54) is 6.42 Å². The first-order chi connectivity index (χ1) is 10.2. The van der Waals surface area contributed by atoms with Gasteiger partial charge in [0.05, 0.1) is 17.2 Å². The first kappa shape index (κ1) is 15.3. The van der Waals surface area contributed by atoms with Gasteiger partial charge in [0.25, 0.3) is 0 Å². The van der Waals surface area contributed by atoms with Crippen molar-refractivity contribution in [3.63, 3.8) is 0 Å². The molecule has 0 saturated carbocycles. The second kappa shape index (κ2) is 6.64. The Hall–Kier alpha value is -0.640. The minimum absolute atomic E-state index is 0.214. The van der Waals surface area contributed by atoms with Crippen molar-refractivity contribution in [2.24, 2.45) is 5.92 Å². The molecule has 4 heteroatoms. The SMILES string of the molecule is CCCNC(Cc1cccc(Cl)c1F)C1CC2CCC1O2. The molecule has 4 atom stereocenters. The first-order valence-electron chi connectivity index (χ1n) is 8.00. The summed E-state index contributed by atoms with van der Waals surface area (Å²) in [5.74, 6) is 0.222. The van der Waals surface area contributed by atoms with Crippen molar-refractivity contribution in [3.05, 3.63) is 34.6 Å². The van der Waals surface area contributed by atoms with Crippen LogP contribution in [-0.2, 0) is 11.2 Å². The Kier molecular flexibility index (Phi) is 4.82. The molecule has 2 saturated heterocycles. The van der Waals surface area contributed by atoms with E-state index in [0.717, 1.165) is 25.8 Å². The topological polar surface area (TPSA) is 21.3 Å². The van der Waals surface area contributed by atoms with Crippen LogP contribution in [0.1, 0.15) is 38.2 Å². The summed E-state index contributed by atoms with van der Waals surface area (Å²) in [6.07, 6.45) is 5.99. The van der Waals surface area contributed by atoms with Gasteiger partial charge in [-0.1, -0.05) is 30.7 Å². The minimum Gasteiger partial charge on any atom is -0.375 e. The Labute approximate surface area is 131 Å². The van der Waals surface area contributed by atoms with Crippen LogP contribution >= 0.6 is 11.6 Å². The van der Waals surface area contributed by atoms with Crippen LogP contribution in [0.3, 0.4) is 0 Å². The van der Waals surface area contributed by atoms with Crippen LogP contribution in [0.4, 0.5) is 4.39 Å². The number of benzene rings is 1. The van der Waals surface area contributed by atoms with Crippen LogP contribution in [0.25, 0.3) is 0 Å². The molecule has 0 amide bonds. The monoisotopic (exact) mass is 311 g/mol. The van der Waals surface area contributed by atoms with E-state index in [1.807, 2.05) is 12.1 Å². The summed E-state index contributed by atoms with van der Waals surface area (Å²) in [6, 6.07) is 5.55. The molecule has 2 heterocycles. The number of rotatable bonds is 6. The van der Waals surface area contributed by atoms with Gasteiger partial charge in [-0.05, 0) is 50.3 Å². The number of halogens is 2. The number of ether oxygens (including phenoxy) is 1. The number of nitrogens with one attached hydrogen (secondary N) is 1. The van der Waals surface area contributed by atoms with Crippen molar-refractivity contribution < 1.29 is 9.13 Å². The molecule has 2 aliphatic rings. The van der Waals surface area contributed by atoms with Crippen LogP contribution in [0, 0.1) is 11.7 Å². The molecule has 0 aliphatic carbocycles. The van der Waals surface area contributed by atoms with Crippen LogP contribution in [0.2, 0.25) is 5.02 Å². The molecular weight excluding hydrogens is 289 g/mol. The fraction of sp³-hybridized carbons (Fsp3) is 0.647. The molecule has 3 rings (SSSR count). The van der Waals surface area contributed by atoms with Gasteiger partial charge in [0, 0.05) is 12.0 Å². The lowest BCUT2D eigenvalue weighted by atomic mass is 9.81. The molecule has 21 heavy (non-hydrogen) atoms. The summed E-state index contributed by atoms with van der Waals surface area (Å²) in [4.78, 5) is 0. The Balaban J connectivity index is 1.74. The van der Waals surface area contributed by atoms with Crippen molar-refractivity contribution in [1.29, 1.82) is 0 Å². The third-order valence-corrected chi connectivity index (χ3v) is 5.09. The van der Waals surface area contributed by atoms with E-state index in [9.17, 15) is 4.39 Å². The van der Waals surface area contributed by atoms with Gasteiger partial charge in [-0.25, -0.2) is 4.39 Å². The maximum atomic E-state index is 14.2. The van der Waals surface area contributed by atoms with Crippen molar-refractivity contribution in [2.75, 3.05) is 6.54 Å². The number of hydrogen-bond acceptors (Lipinski definition) is 2. The second-order valence-corrected chi connectivity index (χ2v) is 6.66. The van der Waals surface area contributed by atoms with Crippen molar-refractivity contribution >= 4 is 11.6 Å². The maximum absolute atomic E-state index is 14.2. The second-order valence-electron chi connectivity index (χ2n) is 6.25. The molecule has 1 aromatic carbocycles. The highest BCUT2D eigenvalue weighted by Gasteiger charge is 2.44. The van der Waals surface area contributed by atoms with Gasteiger partial charge < -0.3 is 10.1 Å². The predicted octanol–water partition coefficient (Wildman–Crippen LogP) is 3.96. The number of hydrogen-bond donors (Lipinski definition) is 1. The Bertz CT molecular complexity index is 496. The molecule has 116 valence electrons. The van der Waals surface area contributed by atoms with E-state index in [-0.39, 0.29) is 16.9 Å². The van der Waals surface area contributed by atoms with Crippen molar-refractivity contribution in [1.82, 2.24) is 5.32 Å². The largest absolute Gasteiger partial charge is 0.375 e. The number of fused-ring (bicyclic) bond motifs is 2. The highest BCUT2D eigenvalue weighted by atomic mass is 35.5.